The van der Waals surface area contributed by atoms with E-state index in [9.17, 15) is 0 Å². The maximum atomic E-state index is 5.99. The molecular weight excluding hydrogens is 232 g/mol. The SMILES string of the molecule is CC(C)(C)OC1CO[C@@H]2[C@@H](OC(C)(C)C)CO[C@H]12. The zero-order chi connectivity index (χ0) is 13.6. The zero-order valence-corrected chi connectivity index (χ0v) is 12.4. The van der Waals surface area contributed by atoms with Crippen molar-refractivity contribution in [2.75, 3.05) is 13.2 Å². The summed E-state index contributed by atoms with van der Waals surface area (Å²) in [4.78, 5) is 0. The van der Waals surface area contributed by atoms with Gasteiger partial charge < -0.3 is 18.9 Å². The number of hydrogen-bond donors (Lipinski definition) is 0. The van der Waals surface area contributed by atoms with Crippen LogP contribution >= 0.6 is 0 Å². The van der Waals surface area contributed by atoms with Crippen LogP contribution in [0.3, 0.4) is 0 Å². The van der Waals surface area contributed by atoms with E-state index in [-0.39, 0.29) is 35.6 Å². The molecule has 0 saturated carbocycles. The first-order valence-electron chi connectivity index (χ1n) is 6.74. The van der Waals surface area contributed by atoms with Gasteiger partial charge in [0.1, 0.15) is 24.4 Å². The topological polar surface area (TPSA) is 36.9 Å². The van der Waals surface area contributed by atoms with Crippen molar-refractivity contribution in [1.82, 2.24) is 0 Å². The molecule has 4 nitrogen and oxygen atoms in total. The van der Waals surface area contributed by atoms with Gasteiger partial charge in [-0.1, -0.05) is 0 Å². The summed E-state index contributed by atoms with van der Waals surface area (Å²) in [7, 11) is 0. The molecule has 0 radical (unpaired) electrons. The lowest BCUT2D eigenvalue weighted by Gasteiger charge is -2.27. The van der Waals surface area contributed by atoms with Crippen molar-refractivity contribution in [1.29, 1.82) is 0 Å². The minimum Gasteiger partial charge on any atom is -0.370 e. The highest BCUT2D eigenvalue weighted by Gasteiger charge is 2.50. The van der Waals surface area contributed by atoms with Gasteiger partial charge in [0.2, 0.25) is 0 Å². The molecule has 0 aliphatic carbocycles. The smallest absolute Gasteiger partial charge is 0.115 e. The third kappa shape index (κ3) is 3.44. The van der Waals surface area contributed by atoms with Crippen molar-refractivity contribution in [3.05, 3.63) is 0 Å². The molecule has 0 aromatic rings. The summed E-state index contributed by atoms with van der Waals surface area (Å²) < 4.78 is 23.6. The third-order valence-corrected chi connectivity index (χ3v) is 2.97. The summed E-state index contributed by atoms with van der Waals surface area (Å²) in [5.74, 6) is 0. The lowest BCUT2D eigenvalue weighted by atomic mass is 10.1. The Kier molecular flexibility index (Phi) is 3.76. The molecule has 2 saturated heterocycles. The van der Waals surface area contributed by atoms with Crippen molar-refractivity contribution >= 4 is 0 Å². The molecule has 0 N–H and O–H groups in total. The Hall–Kier alpha value is -0.160. The van der Waals surface area contributed by atoms with Crippen LogP contribution in [-0.2, 0) is 18.9 Å². The van der Waals surface area contributed by atoms with Crippen molar-refractivity contribution in [3.63, 3.8) is 0 Å². The van der Waals surface area contributed by atoms with Crippen molar-refractivity contribution in [3.8, 4) is 0 Å². The first-order chi connectivity index (χ1) is 8.16. The van der Waals surface area contributed by atoms with Gasteiger partial charge in [0.15, 0.2) is 0 Å². The van der Waals surface area contributed by atoms with E-state index in [4.69, 9.17) is 18.9 Å². The average molecular weight is 258 g/mol. The first kappa shape index (κ1) is 14.3. The Bertz CT molecular complexity index is 259. The minimum atomic E-state index is -0.171. The highest BCUT2D eigenvalue weighted by atomic mass is 16.6. The van der Waals surface area contributed by atoms with Crippen LogP contribution in [-0.4, -0.2) is 48.8 Å². The van der Waals surface area contributed by atoms with Crippen LogP contribution in [0.1, 0.15) is 41.5 Å². The molecule has 2 rings (SSSR count). The largest absolute Gasteiger partial charge is 0.370 e. The van der Waals surface area contributed by atoms with Crippen molar-refractivity contribution < 1.29 is 18.9 Å². The fourth-order valence-electron chi connectivity index (χ4n) is 2.54. The third-order valence-electron chi connectivity index (χ3n) is 2.97. The first-order valence-corrected chi connectivity index (χ1v) is 6.74. The van der Waals surface area contributed by atoms with E-state index in [1.54, 1.807) is 0 Å². The van der Waals surface area contributed by atoms with Crippen LogP contribution in [0.2, 0.25) is 0 Å². The molecule has 106 valence electrons. The Morgan fingerprint density at radius 1 is 0.722 bits per heavy atom. The molecule has 0 aromatic carbocycles. The van der Waals surface area contributed by atoms with Gasteiger partial charge in [0, 0.05) is 0 Å². The van der Waals surface area contributed by atoms with Crippen LogP contribution < -0.4 is 0 Å². The van der Waals surface area contributed by atoms with Gasteiger partial charge in [-0.25, -0.2) is 0 Å². The van der Waals surface area contributed by atoms with E-state index < -0.39 is 0 Å². The molecule has 0 spiro atoms. The van der Waals surface area contributed by atoms with Crippen molar-refractivity contribution in [2.45, 2.75) is 77.2 Å². The molecule has 18 heavy (non-hydrogen) atoms. The van der Waals surface area contributed by atoms with Gasteiger partial charge in [0.05, 0.1) is 24.4 Å². The molecule has 4 atom stereocenters. The normalized spacial score (nSPS) is 37.0. The number of rotatable bonds is 2. The van der Waals surface area contributed by atoms with E-state index in [0.717, 1.165) is 0 Å². The lowest BCUT2D eigenvalue weighted by Crippen LogP contribution is -2.39. The average Bonchev–Trinajstić information content (AvgIpc) is 2.66. The van der Waals surface area contributed by atoms with Gasteiger partial charge in [-0.3, -0.25) is 0 Å². The molecule has 4 heteroatoms. The minimum absolute atomic E-state index is 0.0107. The molecule has 2 aliphatic rings. The fraction of sp³-hybridized carbons (Fsp3) is 1.00. The highest BCUT2D eigenvalue weighted by molar-refractivity contribution is 4.97. The van der Waals surface area contributed by atoms with E-state index in [0.29, 0.717) is 13.2 Å². The summed E-state index contributed by atoms with van der Waals surface area (Å²) in [6.07, 6.45) is 0.0558. The summed E-state index contributed by atoms with van der Waals surface area (Å²) in [5.41, 5.74) is -0.343. The lowest BCUT2D eigenvalue weighted by molar-refractivity contribution is -0.117. The van der Waals surface area contributed by atoms with Gasteiger partial charge in [-0.15, -0.1) is 0 Å². The summed E-state index contributed by atoms with van der Waals surface area (Å²) in [6, 6.07) is 0. The molecule has 2 aliphatic heterocycles. The molecule has 0 amide bonds. The second-order valence-corrected chi connectivity index (χ2v) is 7.13. The number of fused-ring (bicyclic) bond motifs is 1. The Morgan fingerprint density at radius 2 is 1.06 bits per heavy atom. The van der Waals surface area contributed by atoms with E-state index in [1.165, 1.54) is 0 Å². The molecule has 1 unspecified atom stereocenters. The van der Waals surface area contributed by atoms with Crippen LogP contribution in [0.25, 0.3) is 0 Å². The zero-order valence-electron chi connectivity index (χ0n) is 12.4. The van der Waals surface area contributed by atoms with Crippen LogP contribution in [0.5, 0.6) is 0 Å². The molecular formula is C14H26O4. The predicted octanol–water partition coefficient (Wildman–Crippen LogP) is 2.15. The van der Waals surface area contributed by atoms with Gasteiger partial charge in [-0.05, 0) is 41.5 Å². The van der Waals surface area contributed by atoms with E-state index in [2.05, 4.69) is 41.5 Å². The Morgan fingerprint density at radius 3 is 1.33 bits per heavy atom. The van der Waals surface area contributed by atoms with Gasteiger partial charge in [-0.2, -0.15) is 0 Å². The summed E-state index contributed by atoms with van der Waals surface area (Å²) in [6.45, 7) is 13.5. The Balaban J connectivity index is 1.95. The van der Waals surface area contributed by atoms with Crippen LogP contribution in [0.15, 0.2) is 0 Å². The second kappa shape index (κ2) is 4.75. The fourth-order valence-corrected chi connectivity index (χ4v) is 2.54. The second-order valence-electron chi connectivity index (χ2n) is 7.13. The van der Waals surface area contributed by atoms with E-state index >= 15 is 0 Å². The quantitative estimate of drug-likeness (QED) is 0.760. The standard InChI is InChI=1S/C14H26O4/c1-13(2,3)17-9-7-15-12-10(8-16-11(9)12)18-14(4,5)6/h9-12H,7-8H2,1-6H3/t9-,10?,11+,12+/m0/s1. The van der Waals surface area contributed by atoms with Gasteiger partial charge in [0.25, 0.3) is 0 Å². The molecule has 2 fully saturated rings. The number of ether oxygens (including phenoxy) is 4. The predicted molar refractivity (Wildman–Crippen MR) is 68.7 cm³/mol. The number of hydrogen-bond acceptors (Lipinski definition) is 4. The molecule has 0 aromatic heterocycles. The maximum absolute atomic E-state index is 5.99. The van der Waals surface area contributed by atoms with Gasteiger partial charge >= 0.3 is 0 Å². The molecule has 0 bridgehead atoms. The monoisotopic (exact) mass is 258 g/mol. The summed E-state index contributed by atoms with van der Waals surface area (Å²) >= 11 is 0. The van der Waals surface area contributed by atoms with Crippen molar-refractivity contribution in [2.24, 2.45) is 0 Å². The Labute approximate surface area is 110 Å². The molecule has 2 heterocycles. The van der Waals surface area contributed by atoms with E-state index in [1.807, 2.05) is 0 Å². The van der Waals surface area contributed by atoms with Crippen LogP contribution in [0, 0.1) is 0 Å². The maximum Gasteiger partial charge on any atom is 0.115 e. The van der Waals surface area contributed by atoms with Crippen LogP contribution in [0.4, 0.5) is 0 Å². The summed E-state index contributed by atoms with van der Waals surface area (Å²) in [5, 5.41) is 0. The highest BCUT2D eigenvalue weighted by Crippen LogP contribution is 2.33.